The van der Waals surface area contributed by atoms with E-state index in [-0.39, 0.29) is 46.7 Å². The summed E-state index contributed by atoms with van der Waals surface area (Å²) in [4.78, 5) is 26.1. The summed E-state index contributed by atoms with van der Waals surface area (Å²) in [5, 5.41) is 5.32. The molecule has 1 aliphatic carbocycles. The van der Waals surface area contributed by atoms with Crippen molar-refractivity contribution in [2.45, 2.75) is 0 Å². The minimum absolute atomic E-state index is 0.0229. The van der Waals surface area contributed by atoms with Gasteiger partial charge in [0.1, 0.15) is 0 Å². The Morgan fingerprint density at radius 2 is 1.03 bits per heavy atom. The summed E-state index contributed by atoms with van der Waals surface area (Å²) in [6, 6.07) is 8.72. The molecular weight excluding hydrogens is 442 g/mol. The normalized spacial score (nSPS) is 13.5. The number of carbonyl (C=O) groups excluding carboxylic acids is 2. The second-order valence-electron chi connectivity index (χ2n) is 6.45. The number of anilines is 2. The van der Waals surface area contributed by atoms with E-state index in [1.165, 1.54) is 36.4 Å². The number of hydrogen-bond acceptors (Lipinski definition) is 8. The number of carbonyl (C=O) groups is 2. The molecule has 2 aromatic rings. The van der Waals surface area contributed by atoms with Crippen LogP contribution in [0.25, 0.3) is 0 Å². The lowest BCUT2D eigenvalue weighted by Crippen LogP contribution is -2.25. The smallest absolute Gasteiger partial charge is 0.304 e. The number of rotatable bonds is 8. The quantitative estimate of drug-likeness (QED) is 0.490. The number of hydrogen-bond donors (Lipinski definition) is 2. The zero-order valence-corrected chi connectivity index (χ0v) is 16.9. The molecule has 0 aliphatic heterocycles. The summed E-state index contributed by atoms with van der Waals surface area (Å²) in [6.45, 7) is -0.605. The van der Waals surface area contributed by atoms with Crippen molar-refractivity contribution in [3.63, 3.8) is 0 Å². The van der Waals surface area contributed by atoms with Crippen molar-refractivity contribution in [3.05, 3.63) is 58.7 Å². The van der Waals surface area contributed by atoms with Crippen LogP contribution in [0, 0.1) is 0 Å². The molecule has 0 aromatic heterocycles. The summed E-state index contributed by atoms with van der Waals surface area (Å²) in [6.07, 6.45) is 0. The standard InChI is InChI=1S/C18H16F2N2O6S2/c19-29(25,26)9-7-21-13-5-1-3-11-15(13)18(24)12-4-2-6-14(16(12)17(11)23)22-8-10-30(20,27)28/h1-6,21-22H,7-10H2. The molecule has 2 N–H and O–H groups in total. The van der Waals surface area contributed by atoms with Crippen molar-refractivity contribution in [1.29, 1.82) is 0 Å². The van der Waals surface area contributed by atoms with Gasteiger partial charge in [-0.25, -0.2) is 0 Å². The van der Waals surface area contributed by atoms with Gasteiger partial charge < -0.3 is 10.6 Å². The van der Waals surface area contributed by atoms with Gasteiger partial charge in [-0.2, -0.15) is 16.8 Å². The Bertz CT molecular complexity index is 1150. The lowest BCUT2D eigenvalue weighted by Gasteiger charge is -2.23. The first-order chi connectivity index (χ1) is 14.0. The van der Waals surface area contributed by atoms with E-state index in [4.69, 9.17) is 0 Å². The van der Waals surface area contributed by atoms with Crippen LogP contribution in [-0.4, -0.2) is 53.0 Å². The van der Waals surface area contributed by atoms with E-state index in [0.29, 0.717) is 0 Å². The highest BCUT2D eigenvalue weighted by Crippen LogP contribution is 2.35. The Morgan fingerprint density at radius 1 is 0.667 bits per heavy atom. The molecule has 0 saturated carbocycles. The fraction of sp³-hybridized carbons (Fsp3) is 0.222. The van der Waals surface area contributed by atoms with Crippen molar-refractivity contribution in [2.24, 2.45) is 0 Å². The van der Waals surface area contributed by atoms with E-state index >= 15 is 0 Å². The molecule has 30 heavy (non-hydrogen) atoms. The van der Waals surface area contributed by atoms with Crippen molar-refractivity contribution in [1.82, 2.24) is 0 Å². The molecule has 12 heteroatoms. The van der Waals surface area contributed by atoms with E-state index in [2.05, 4.69) is 10.6 Å². The molecule has 2 aromatic carbocycles. The Balaban J connectivity index is 1.95. The largest absolute Gasteiger partial charge is 0.383 e. The van der Waals surface area contributed by atoms with E-state index < -0.39 is 43.5 Å². The molecule has 160 valence electrons. The number of nitrogens with one attached hydrogen (secondary N) is 2. The van der Waals surface area contributed by atoms with Crippen LogP contribution in [0.5, 0.6) is 0 Å². The van der Waals surface area contributed by atoms with Crippen LogP contribution >= 0.6 is 0 Å². The lowest BCUT2D eigenvalue weighted by molar-refractivity contribution is 0.0980. The first-order valence-corrected chi connectivity index (χ1v) is 11.8. The molecular formula is C18H16F2N2O6S2. The summed E-state index contributed by atoms with van der Waals surface area (Å²) in [5.41, 5.74) is 0.509. The maximum Gasteiger partial charge on any atom is 0.304 e. The number of ketones is 2. The molecule has 0 amide bonds. The van der Waals surface area contributed by atoms with Gasteiger partial charge in [-0.1, -0.05) is 24.3 Å². The second-order valence-corrected chi connectivity index (χ2v) is 9.43. The Hall–Kier alpha value is -2.86. The van der Waals surface area contributed by atoms with Gasteiger partial charge in [0.25, 0.3) is 0 Å². The van der Waals surface area contributed by atoms with Crippen LogP contribution in [0.4, 0.5) is 19.1 Å². The minimum atomic E-state index is -4.71. The monoisotopic (exact) mass is 458 g/mol. The zero-order chi connectivity index (χ0) is 22.1. The molecule has 1 aliphatic rings. The minimum Gasteiger partial charge on any atom is -0.383 e. The third-order valence-electron chi connectivity index (χ3n) is 4.39. The average Bonchev–Trinajstić information content (AvgIpc) is 2.64. The van der Waals surface area contributed by atoms with Crippen molar-refractivity contribution in [2.75, 3.05) is 35.2 Å². The SMILES string of the molecule is O=C1c2cccc(NCCS(=O)(=O)F)c2C(=O)c2cccc(NCCS(=O)(=O)F)c21. The topological polar surface area (TPSA) is 126 Å². The van der Waals surface area contributed by atoms with E-state index in [9.17, 15) is 34.2 Å². The van der Waals surface area contributed by atoms with Gasteiger partial charge in [-0.15, -0.1) is 7.77 Å². The molecule has 0 saturated heterocycles. The van der Waals surface area contributed by atoms with E-state index in [1.54, 1.807) is 0 Å². The molecule has 0 bridgehead atoms. The van der Waals surface area contributed by atoms with Gasteiger partial charge in [0.15, 0.2) is 11.6 Å². The molecule has 0 unspecified atom stereocenters. The maximum absolute atomic E-state index is 13.1. The van der Waals surface area contributed by atoms with Gasteiger partial charge in [-0.3, -0.25) is 9.59 Å². The Morgan fingerprint density at radius 3 is 1.37 bits per heavy atom. The second kappa shape index (κ2) is 8.11. The van der Waals surface area contributed by atoms with Gasteiger partial charge >= 0.3 is 20.4 Å². The maximum atomic E-state index is 13.1. The number of halogens is 2. The summed E-state index contributed by atoms with van der Waals surface area (Å²) < 4.78 is 68.2. The molecule has 8 nitrogen and oxygen atoms in total. The van der Waals surface area contributed by atoms with Crippen LogP contribution in [0.1, 0.15) is 31.8 Å². The van der Waals surface area contributed by atoms with E-state index in [0.717, 1.165) is 0 Å². The van der Waals surface area contributed by atoms with Gasteiger partial charge in [0.2, 0.25) is 0 Å². The van der Waals surface area contributed by atoms with Crippen molar-refractivity contribution >= 4 is 43.4 Å². The predicted octanol–water partition coefficient (Wildman–Crippen LogP) is 1.88. The molecule has 0 radical (unpaired) electrons. The number of fused-ring (bicyclic) bond motifs is 2. The third kappa shape index (κ3) is 4.82. The zero-order valence-electron chi connectivity index (χ0n) is 15.3. The van der Waals surface area contributed by atoms with Gasteiger partial charge in [0, 0.05) is 35.6 Å². The van der Waals surface area contributed by atoms with Crippen molar-refractivity contribution in [3.8, 4) is 0 Å². The van der Waals surface area contributed by atoms with Gasteiger partial charge in [-0.05, 0) is 12.1 Å². The Labute approximate surface area is 171 Å². The molecule has 0 spiro atoms. The van der Waals surface area contributed by atoms with Crippen molar-refractivity contribution < 1.29 is 34.2 Å². The highest BCUT2D eigenvalue weighted by Gasteiger charge is 2.33. The van der Waals surface area contributed by atoms with Crippen LogP contribution in [0.15, 0.2) is 36.4 Å². The average molecular weight is 458 g/mol. The lowest BCUT2D eigenvalue weighted by atomic mass is 9.82. The van der Waals surface area contributed by atoms with Crippen LogP contribution in [0.2, 0.25) is 0 Å². The summed E-state index contributed by atoms with van der Waals surface area (Å²) in [7, 11) is -9.41. The van der Waals surface area contributed by atoms with Crippen LogP contribution < -0.4 is 10.6 Å². The summed E-state index contributed by atoms with van der Waals surface area (Å²) >= 11 is 0. The first kappa shape index (κ1) is 21.8. The van der Waals surface area contributed by atoms with Crippen LogP contribution in [0.3, 0.4) is 0 Å². The molecule has 0 atom stereocenters. The third-order valence-corrected chi connectivity index (χ3v) is 5.78. The highest BCUT2D eigenvalue weighted by molar-refractivity contribution is 7.86. The summed E-state index contributed by atoms with van der Waals surface area (Å²) in [5.74, 6) is -2.65. The fourth-order valence-corrected chi connectivity index (χ4v) is 3.84. The number of benzene rings is 2. The predicted molar refractivity (Wildman–Crippen MR) is 107 cm³/mol. The van der Waals surface area contributed by atoms with Gasteiger partial charge in [0.05, 0.1) is 22.6 Å². The highest BCUT2D eigenvalue weighted by atomic mass is 32.3. The van der Waals surface area contributed by atoms with E-state index in [1.807, 2.05) is 0 Å². The molecule has 3 rings (SSSR count). The first-order valence-electron chi connectivity index (χ1n) is 8.66. The molecule has 0 heterocycles. The molecule has 0 fully saturated rings. The Kier molecular flexibility index (Phi) is 5.90. The van der Waals surface area contributed by atoms with Crippen LogP contribution in [-0.2, 0) is 20.4 Å². The fourth-order valence-electron chi connectivity index (χ4n) is 3.15.